The maximum absolute atomic E-state index is 3.96. The molecule has 1 fully saturated rings. The summed E-state index contributed by atoms with van der Waals surface area (Å²) < 4.78 is 2.14. The zero-order chi connectivity index (χ0) is 6.10. The number of rotatable bonds is 1. The highest BCUT2D eigenvalue weighted by Crippen LogP contribution is 2.08. The average Bonchev–Trinajstić information content (AvgIpc) is 2.11. The Hall–Kier alpha value is -0.540. The van der Waals surface area contributed by atoms with Crippen molar-refractivity contribution in [3.8, 4) is 0 Å². The highest BCUT2D eigenvalue weighted by Gasteiger charge is 2.16. The maximum Gasteiger partial charge on any atom is 0.0949 e. The fourth-order valence-electron chi connectivity index (χ4n) is 0.970. The molecular weight excluding hydrogens is 150 g/mol. The van der Waals surface area contributed by atoms with Crippen molar-refractivity contribution in [3.63, 3.8) is 0 Å². The summed E-state index contributed by atoms with van der Waals surface area (Å²) in [7, 11) is 0. The quantitative estimate of drug-likeness (QED) is 0.645. The van der Waals surface area contributed by atoms with Gasteiger partial charge in [-0.25, -0.2) is 4.98 Å². The van der Waals surface area contributed by atoms with Crippen molar-refractivity contribution in [3.05, 3.63) is 18.7 Å². The number of aromatic nitrogens is 2. The fourth-order valence-corrected chi connectivity index (χ4v) is 0.970. The minimum atomic E-state index is 0. The van der Waals surface area contributed by atoms with Crippen molar-refractivity contribution in [2.24, 2.45) is 0 Å². The first-order valence-electron chi connectivity index (χ1n) is 3.15. The van der Waals surface area contributed by atoms with Crippen LogP contribution in [0.25, 0.3) is 0 Å². The zero-order valence-electron chi connectivity index (χ0n) is 5.53. The van der Waals surface area contributed by atoms with Gasteiger partial charge < -0.3 is 9.88 Å². The molecule has 2 rings (SSSR count). The van der Waals surface area contributed by atoms with E-state index in [0.29, 0.717) is 6.04 Å². The molecule has 0 aliphatic carbocycles. The highest BCUT2D eigenvalue weighted by atomic mass is 35.5. The van der Waals surface area contributed by atoms with E-state index in [0.717, 1.165) is 13.1 Å². The van der Waals surface area contributed by atoms with Gasteiger partial charge >= 0.3 is 0 Å². The summed E-state index contributed by atoms with van der Waals surface area (Å²) >= 11 is 0. The molecule has 1 aromatic heterocycles. The molecule has 1 aliphatic heterocycles. The molecule has 0 bridgehead atoms. The van der Waals surface area contributed by atoms with Gasteiger partial charge in [0.25, 0.3) is 0 Å². The summed E-state index contributed by atoms with van der Waals surface area (Å²) in [5, 5.41) is 3.20. The van der Waals surface area contributed by atoms with Gasteiger partial charge in [0.1, 0.15) is 0 Å². The fraction of sp³-hybridized carbons (Fsp3) is 0.500. The first-order chi connectivity index (χ1) is 4.47. The standard InChI is InChI=1S/C6H9N3.ClH/c1-2-9(5-7-1)6-3-8-4-6;/h1-2,5-6,8H,3-4H2;1H. The van der Waals surface area contributed by atoms with E-state index in [1.807, 2.05) is 18.7 Å². The molecule has 1 saturated heterocycles. The van der Waals surface area contributed by atoms with Gasteiger partial charge in [0.15, 0.2) is 0 Å². The number of halogens is 1. The Morgan fingerprint density at radius 1 is 1.50 bits per heavy atom. The van der Waals surface area contributed by atoms with E-state index in [-0.39, 0.29) is 12.4 Å². The van der Waals surface area contributed by atoms with Crippen LogP contribution in [0.5, 0.6) is 0 Å². The van der Waals surface area contributed by atoms with Crippen LogP contribution >= 0.6 is 12.4 Å². The average molecular weight is 160 g/mol. The lowest BCUT2D eigenvalue weighted by atomic mass is 10.2. The Morgan fingerprint density at radius 3 is 2.70 bits per heavy atom. The van der Waals surface area contributed by atoms with Gasteiger partial charge in [-0.15, -0.1) is 12.4 Å². The topological polar surface area (TPSA) is 29.9 Å². The monoisotopic (exact) mass is 159 g/mol. The highest BCUT2D eigenvalue weighted by molar-refractivity contribution is 5.85. The van der Waals surface area contributed by atoms with Gasteiger partial charge in [0.05, 0.1) is 12.4 Å². The molecule has 10 heavy (non-hydrogen) atoms. The predicted molar refractivity (Wildman–Crippen MR) is 41.4 cm³/mol. The first-order valence-corrected chi connectivity index (χ1v) is 3.15. The Kier molecular flexibility index (Phi) is 2.29. The molecule has 0 unspecified atom stereocenters. The molecule has 1 aromatic rings. The van der Waals surface area contributed by atoms with Crippen LogP contribution in [0.1, 0.15) is 6.04 Å². The Labute approximate surface area is 65.9 Å². The second kappa shape index (κ2) is 3.03. The van der Waals surface area contributed by atoms with Crippen molar-refractivity contribution in [2.75, 3.05) is 13.1 Å². The van der Waals surface area contributed by atoms with E-state index < -0.39 is 0 Å². The number of nitrogens with zero attached hydrogens (tertiary/aromatic N) is 2. The number of nitrogens with one attached hydrogen (secondary N) is 1. The molecule has 0 atom stereocenters. The smallest absolute Gasteiger partial charge is 0.0949 e. The Balaban J connectivity index is 0.000000500. The molecule has 56 valence electrons. The third-order valence-electron chi connectivity index (χ3n) is 1.71. The van der Waals surface area contributed by atoms with Gasteiger partial charge in [-0.3, -0.25) is 0 Å². The number of hydrogen-bond acceptors (Lipinski definition) is 2. The SMILES string of the molecule is Cl.c1cn(C2CNC2)cn1. The predicted octanol–water partition coefficient (Wildman–Crippen LogP) is 0.449. The Morgan fingerprint density at radius 2 is 2.30 bits per heavy atom. The molecule has 0 radical (unpaired) electrons. The van der Waals surface area contributed by atoms with E-state index in [9.17, 15) is 0 Å². The summed E-state index contributed by atoms with van der Waals surface area (Å²) in [4.78, 5) is 3.96. The normalized spacial score (nSPS) is 17.6. The molecule has 4 heteroatoms. The van der Waals surface area contributed by atoms with Crippen molar-refractivity contribution in [1.29, 1.82) is 0 Å². The zero-order valence-corrected chi connectivity index (χ0v) is 6.34. The van der Waals surface area contributed by atoms with Crippen LogP contribution in [0.3, 0.4) is 0 Å². The van der Waals surface area contributed by atoms with E-state index >= 15 is 0 Å². The van der Waals surface area contributed by atoms with Crippen LogP contribution in [-0.4, -0.2) is 22.6 Å². The summed E-state index contributed by atoms with van der Waals surface area (Å²) in [6.07, 6.45) is 5.69. The summed E-state index contributed by atoms with van der Waals surface area (Å²) in [6, 6.07) is 0.660. The minimum Gasteiger partial charge on any atom is -0.332 e. The van der Waals surface area contributed by atoms with E-state index in [4.69, 9.17) is 0 Å². The minimum absolute atomic E-state index is 0. The molecule has 1 N–H and O–H groups in total. The number of imidazole rings is 1. The van der Waals surface area contributed by atoms with E-state index in [2.05, 4.69) is 14.9 Å². The second-order valence-electron chi connectivity index (χ2n) is 2.32. The molecule has 0 amide bonds. The van der Waals surface area contributed by atoms with Crippen molar-refractivity contribution in [2.45, 2.75) is 6.04 Å². The second-order valence-corrected chi connectivity index (χ2v) is 2.32. The summed E-state index contributed by atoms with van der Waals surface area (Å²) in [6.45, 7) is 2.19. The van der Waals surface area contributed by atoms with Crippen LogP contribution in [-0.2, 0) is 0 Å². The van der Waals surface area contributed by atoms with Crippen molar-refractivity contribution < 1.29 is 0 Å². The molecule has 0 aromatic carbocycles. The molecule has 3 nitrogen and oxygen atoms in total. The Bertz CT molecular complexity index is 181. The molecule has 1 aliphatic rings. The lowest BCUT2D eigenvalue weighted by Crippen LogP contribution is -2.42. The van der Waals surface area contributed by atoms with Crippen LogP contribution in [0.4, 0.5) is 0 Å². The van der Waals surface area contributed by atoms with Crippen molar-refractivity contribution in [1.82, 2.24) is 14.9 Å². The third-order valence-corrected chi connectivity index (χ3v) is 1.71. The number of hydrogen-bond donors (Lipinski definition) is 1. The largest absolute Gasteiger partial charge is 0.332 e. The maximum atomic E-state index is 3.96. The van der Waals surface area contributed by atoms with E-state index in [1.54, 1.807) is 0 Å². The molecule has 0 saturated carbocycles. The summed E-state index contributed by atoms with van der Waals surface area (Å²) in [5.41, 5.74) is 0. The van der Waals surface area contributed by atoms with E-state index in [1.165, 1.54) is 0 Å². The lowest BCUT2D eigenvalue weighted by Gasteiger charge is -2.27. The summed E-state index contributed by atoms with van der Waals surface area (Å²) in [5.74, 6) is 0. The van der Waals surface area contributed by atoms with Gasteiger partial charge in [0.2, 0.25) is 0 Å². The first kappa shape index (κ1) is 7.57. The molecule has 2 heterocycles. The van der Waals surface area contributed by atoms with Crippen LogP contribution in [0.2, 0.25) is 0 Å². The van der Waals surface area contributed by atoms with Gasteiger partial charge in [-0.1, -0.05) is 0 Å². The molecule has 0 spiro atoms. The third kappa shape index (κ3) is 1.15. The van der Waals surface area contributed by atoms with Gasteiger partial charge in [-0.05, 0) is 0 Å². The van der Waals surface area contributed by atoms with Crippen LogP contribution < -0.4 is 5.32 Å². The van der Waals surface area contributed by atoms with Crippen LogP contribution in [0.15, 0.2) is 18.7 Å². The molecular formula is C6H10ClN3. The lowest BCUT2D eigenvalue weighted by molar-refractivity contribution is 0.343. The van der Waals surface area contributed by atoms with Gasteiger partial charge in [0, 0.05) is 25.5 Å². The van der Waals surface area contributed by atoms with Crippen LogP contribution in [0, 0.1) is 0 Å². The van der Waals surface area contributed by atoms with Crippen molar-refractivity contribution >= 4 is 12.4 Å². The van der Waals surface area contributed by atoms with Gasteiger partial charge in [-0.2, -0.15) is 0 Å².